The summed E-state index contributed by atoms with van der Waals surface area (Å²) in [6, 6.07) is 13.8. The van der Waals surface area contributed by atoms with Gasteiger partial charge in [-0.05, 0) is 83.6 Å². The van der Waals surface area contributed by atoms with Gasteiger partial charge in [-0.15, -0.1) is 0 Å². The minimum absolute atomic E-state index is 0.0437. The summed E-state index contributed by atoms with van der Waals surface area (Å²) >= 11 is 0. The first-order chi connectivity index (χ1) is 18.7. The number of nitrogens with zero attached hydrogens (tertiary/aromatic N) is 3. The smallest absolute Gasteiger partial charge is 0.302 e. The monoisotopic (exact) mass is 535 g/mol. The summed E-state index contributed by atoms with van der Waals surface area (Å²) in [5.74, 6) is 0.662. The fourth-order valence-corrected chi connectivity index (χ4v) is 5.56. The molecule has 2 aliphatic rings. The summed E-state index contributed by atoms with van der Waals surface area (Å²) in [4.78, 5) is 34.1. The van der Waals surface area contributed by atoms with E-state index in [0.29, 0.717) is 18.1 Å². The highest BCUT2D eigenvalue weighted by Crippen LogP contribution is 2.38. The van der Waals surface area contributed by atoms with Crippen molar-refractivity contribution in [2.45, 2.75) is 65.1 Å². The quantitative estimate of drug-likeness (QED) is 0.253. The lowest BCUT2D eigenvalue weighted by Crippen LogP contribution is -2.45. The van der Waals surface area contributed by atoms with Gasteiger partial charge in [0.2, 0.25) is 0 Å². The van der Waals surface area contributed by atoms with E-state index in [-0.39, 0.29) is 43.4 Å². The van der Waals surface area contributed by atoms with Crippen LogP contribution in [0, 0.1) is 0 Å². The molecular formula is C31H41N3O5. The molecular weight excluding hydrogens is 494 g/mol. The Kier molecular flexibility index (Phi) is 9.40. The van der Waals surface area contributed by atoms with Crippen LogP contribution in [0.5, 0.6) is 5.75 Å². The van der Waals surface area contributed by atoms with E-state index in [1.54, 1.807) is 4.90 Å². The molecule has 1 saturated heterocycles. The van der Waals surface area contributed by atoms with E-state index in [1.165, 1.54) is 12.5 Å². The van der Waals surface area contributed by atoms with Crippen molar-refractivity contribution >= 4 is 17.6 Å². The summed E-state index contributed by atoms with van der Waals surface area (Å²) in [6.07, 6.45) is 0.994. The van der Waals surface area contributed by atoms with Crippen LogP contribution in [0.3, 0.4) is 0 Å². The molecule has 0 radical (unpaired) electrons. The number of benzene rings is 2. The number of piperidine rings is 1. The number of likely N-dealkylation sites (N-methyl/N-ethyl adjacent to an activating group) is 1. The number of aliphatic imine (C=N–C) groups is 1. The van der Waals surface area contributed by atoms with Gasteiger partial charge in [-0.25, -0.2) is 0 Å². The van der Waals surface area contributed by atoms with Crippen LogP contribution >= 0.6 is 0 Å². The van der Waals surface area contributed by atoms with Gasteiger partial charge in [0, 0.05) is 48.7 Å². The Hall–Kier alpha value is -3.23. The fraction of sp³-hybridized carbons (Fsp3) is 0.516. The van der Waals surface area contributed by atoms with Crippen LogP contribution in [-0.2, 0) is 14.3 Å². The second-order valence-corrected chi connectivity index (χ2v) is 10.7. The van der Waals surface area contributed by atoms with Crippen molar-refractivity contribution in [1.29, 1.82) is 0 Å². The average molecular weight is 536 g/mol. The zero-order valence-electron chi connectivity index (χ0n) is 24.0. The Bertz CT molecular complexity index is 1190. The fourth-order valence-electron chi connectivity index (χ4n) is 5.56. The zero-order valence-corrected chi connectivity index (χ0v) is 24.0. The molecule has 210 valence electrons. The van der Waals surface area contributed by atoms with Crippen LogP contribution in [0.4, 0.5) is 0 Å². The molecule has 0 bridgehead atoms. The lowest BCUT2D eigenvalue weighted by Gasteiger charge is -2.39. The van der Waals surface area contributed by atoms with E-state index in [2.05, 4.69) is 24.1 Å². The molecule has 2 aromatic rings. The SMILES string of the molecule is CCOCOc1ccc2c(c1)[C@H]1CN(C)CC[C@H]1N=C2c1ccc(C(=O)N(C(C)C)[C@@H](C)COC(C)=O)cc1. The maximum Gasteiger partial charge on any atom is 0.302 e. The Balaban J connectivity index is 1.61. The number of ether oxygens (including phenoxy) is 3. The Morgan fingerprint density at radius 2 is 1.87 bits per heavy atom. The predicted molar refractivity (Wildman–Crippen MR) is 152 cm³/mol. The third kappa shape index (κ3) is 6.68. The molecule has 1 fully saturated rings. The van der Waals surface area contributed by atoms with Crippen molar-refractivity contribution in [2.24, 2.45) is 4.99 Å². The molecule has 2 aliphatic heterocycles. The minimum atomic E-state index is -0.351. The molecule has 0 saturated carbocycles. The van der Waals surface area contributed by atoms with E-state index < -0.39 is 0 Å². The number of carbonyl (C=O) groups excluding carboxylic acids is 2. The third-order valence-corrected chi connectivity index (χ3v) is 7.46. The number of esters is 1. The van der Waals surface area contributed by atoms with Crippen LogP contribution in [0.1, 0.15) is 74.0 Å². The van der Waals surface area contributed by atoms with Crippen LogP contribution in [-0.4, -0.2) is 85.7 Å². The molecule has 0 N–H and O–H groups in total. The van der Waals surface area contributed by atoms with E-state index in [1.807, 2.05) is 58.0 Å². The van der Waals surface area contributed by atoms with E-state index >= 15 is 0 Å². The van der Waals surface area contributed by atoms with Gasteiger partial charge in [-0.2, -0.15) is 0 Å². The maximum atomic E-state index is 13.4. The molecule has 1 amide bonds. The van der Waals surface area contributed by atoms with Crippen molar-refractivity contribution in [3.63, 3.8) is 0 Å². The van der Waals surface area contributed by atoms with Gasteiger partial charge in [0.25, 0.3) is 5.91 Å². The van der Waals surface area contributed by atoms with E-state index in [0.717, 1.165) is 42.1 Å². The molecule has 0 spiro atoms. The summed E-state index contributed by atoms with van der Waals surface area (Å²) < 4.78 is 16.4. The molecule has 8 heteroatoms. The molecule has 0 aliphatic carbocycles. The molecule has 2 heterocycles. The first-order valence-electron chi connectivity index (χ1n) is 13.9. The van der Waals surface area contributed by atoms with Crippen LogP contribution < -0.4 is 4.74 Å². The summed E-state index contributed by atoms with van der Waals surface area (Å²) in [6.45, 7) is 12.1. The van der Waals surface area contributed by atoms with E-state index in [4.69, 9.17) is 19.2 Å². The van der Waals surface area contributed by atoms with Crippen molar-refractivity contribution in [3.8, 4) is 5.75 Å². The largest absolute Gasteiger partial charge is 0.468 e. The summed E-state index contributed by atoms with van der Waals surface area (Å²) in [5, 5.41) is 0. The summed E-state index contributed by atoms with van der Waals surface area (Å²) in [5.41, 5.74) is 4.88. The highest BCUT2D eigenvalue weighted by Gasteiger charge is 2.35. The van der Waals surface area contributed by atoms with Gasteiger partial charge in [-0.1, -0.05) is 12.1 Å². The van der Waals surface area contributed by atoms with Gasteiger partial charge < -0.3 is 24.0 Å². The average Bonchev–Trinajstić information content (AvgIpc) is 2.91. The molecule has 4 rings (SSSR count). The normalized spacial score (nSPS) is 19.5. The van der Waals surface area contributed by atoms with Gasteiger partial charge >= 0.3 is 5.97 Å². The van der Waals surface area contributed by atoms with E-state index in [9.17, 15) is 9.59 Å². The van der Waals surface area contributed by atoms with Crippen molar-refractivity contribution in [2.75, 3.05) is 40.1 Å². The lowest BCUT2D eigenvalue weighted by atomic mass is 9.79. The van der Waals surface area contributed by atoms with Gasteiger partial charge in [-0.3, -0.25) is 14.6 Å². The highest BCUT2D eigenvalue weighted by molar-refractivity contribution is 6.15. The molecule has 3 atom stereocenters. The molecule has 39 heavy (non-hydrogen) atoms. The van der Waals surface area contributed by atoms with Gasteiger partial charge in [0.15, 0.2) is 6.79 Å². The minimum Gasteiger partial charge on any atom is -0.468 e. The van der Waals surface area contributed by atoms with Crippen LogP contribution in [0.2, 0.25) is 0 Å². The number of amides is 1. The number of fused-ring (bicyclic) bond motifs is 3. The molecule has 0 aromatic heterocycles. The number of rotatable bonds is 10. The van der Waals surface area contributed by atoms with Crippen molar-refractivity contribution in [3.05, 3.63) is 64.7 Å². The zero-order chi connectivity index (χ0) is 28.1. The second kappa shape index (κ2) is 12.7. The number of likely N-dealkylation sites (tertiary alicyclic amines) is 1. The molecule has 2 aromatic carbocycles. The molecule has 8 nitrogen and oxygen atoms in total. The highest BCUT2D eigenvalue weighted by atomic mass is 16.7. The van der Waals surface area contributed by atoms with Crippen LogP contribution in [0.15, 0.2) is 47.5 Å². The number of carbonyl (C=O) groups is 2. The second-order valence-electron chi connectivity index (χ2n) is 10.7. The van der Waals surface area contributed by atoms with Crippen molar-refractivity contribution < 1.29 is 23.8 Å². The van der Waals surface area contributed by atoms with Crippen LogP contribution in [0.25, 0.3) is 0 Å². The first kappa shape index (κ1) is 28.8. The molecule has 0 unspecified atom stereocenters. The first-order valence-corrected chi connectivity index (χ1v) is 13.9. The Morgan fingerprint density at radius 3 is 2.54 bits per heavy atom. The van der Waals surface area contributed by atoms with Gasteiger partial charge in [0.1, 0.15) is 12.4 Å². The number of hydrogen-bond acceptors (Lipinski definition) is 7. The predicted octanol–water partition coefficient (Wildman–Crippen LogP) is 4.50. The topological polar surface area (TPSA) is 80.7 Å². The number of hydrogen-bond donors (Lipinski definition) is 0. The maximum absolute atomic E-state index is 13.4. The Morgan fingerprint density at radius 1 is 1.13 bits per heavy atom. The Labute approximate surface area is 231 Å². The van der Waals surface area contributed by atoms with Gasteiger partial charge in [0.05, 0.1) is 17.8 Å². The summed E-state index contributed by atoms with van der Waals surface area (Å²) in [7, 11) is 2.16. The standard InChI is InChI=1S/C31H41N3O5/c1-7-37-19-39-25-12-13-26-27(16-25)28-17-33(6)15-14-29(28)32-30(26)23-8-10-24(11-9-23)31(36)34(20(2)3)21(4)18-38-22(5)35/h8-13,16,20-21,28-29H,7,14-15,17-19H2,1-6H3/t21-,28+,29+/m0/s1. The third-order valence-electron chi connectivity index (χ3n) is 7.46. The lowest BCUT2D eigenvalue weighted by molar-refractivity contribution is -0.142. The van der Waals surface area contributed by atoms with Crippen molar-refractivity contribution in [1.82, 2.24) is 9.80 Å².